The second-order valence-electron chi connectivity index (χ2n) is 5.51. The van der Waals surface area contributed by atoms with Crippen LogP contribution in [0.15, 0.2) is 47.9 Å². The van der Waals surface area contributed by atoms with E-state index in [1.807, 2.05) is 23.9 Å². The zero-order valence-corrected chi connectivity index (χ0v) is 14.1. The van der Waals surface area contributed by atoms with Gasteiger partial charge in [-0.2, -0.15) is 0 Å². The Bertz CT molecular complexity index is 438. The van der Waals surface area contributed by atoms with Crippen LogP contribution < -0.4 is 0 Å². The molecule has 0 aromatic heterocycles. The first-order valence-electron chi connectivity index (χ1n) is 7.81. The number of allylic oxidation sites excluding steroid dienone is 1. The third-order valence-electron chi connectivity index (χ3n) is 3.83. The Hall–Kier alpha value is -0.670. The zero-order chi connectivity index (χ0) is 14.9. The van der Waals surface area contributed by atoms with E-state index in [0.717, 1.165) is 6.42 Å². The van der Waals surface area contributed by atoms with Crippen molar-refractivity contribution in [3.63, 3.8) is 0 Å². The smallest absolute Gasteiger partial charge is 0.190 e. The molecule has 1 aliphatic rings. The summed E-state index contributed by atoms with van der Waals surface area (Å²) in [5.74, 6) is 0.668. The van der Waals surface area contributed by atoms with Crippen LogP contribution >= 0.6 is 23.5 Å². The molecule has 1 fully saturated rings. The molecule has 0 radical (unpaired) electrons. The number of rotatable bonds is 7. The average Bonchev–Trinajstić information content (AvgIpc) is 2.54. The van der Waals surface area contributed by atoms with E-state index in [0.29, 0.717) is 22.0 Å². The second-order valence-corrected chi connectivity index (χ2v) is 8.23. The average molecular weight is 321 g/mol. The third-order valence-corrected chi connectivity index (χ3v) is 6.65. The Kier molecular flexibility index (Phi) is 7.45. The van der Waals surface area contributed by atoms with Crippen molar-refractivity contribution in [1.29, 1.82) is 0 Å². The Morgan fingerprint density at radius 2 is 1.95 bits per heavy atom. The molecule has 1 atom stereocenters. The standard InChI is InChI=1S/C18H24OS2/c1-2-3-14-17(19)21-18(15-10-6-4-7-11-15)20-16-12-8-5-9-13-16/h2,5,8-9,12-13,15,18H,1,3-4,6-7,10-11,14H2. The lowest BCUT2D eigenvalue weighted by atomic mass is 9.91. The predicted octanol–water partition coefficient (Wildman–Crippen LogP) is 5.91. The van der Waals surface area contributed by atoms with Gasteiger partial charge in [0.25, 0.3) is 0 Å². The molecule has 0 amide bonds. The number of thioether (sulfide) groups is 2. The van der Waals surface area contributed by atoms with E-state index < -0.39 is 0 Å². The SMILES string of the molecule is C=CCCC(=O)SC(Sc1ccccc1)C1CCCCC1. The largest absolute Gasteiger partial charge is 0.287 e. The van der Waals surface area contributed by atoms with Gasteiger partial charge in [0.2, 0.25) is 0 Å². The van der Waals surface area contributed by atoms with Crippen molar-refractivity contribution in [3.05, 3.63) is 43.0 Å². The molecule has 1 nitrogen and oxygen atoms in total. The number of hydrogen-bond donors (Lipinski definition) is 0. The molecule has 0 bridgehead atoms. The summed E-state index contributed by atoms with van der Waals surface area (Å²) in [6, 6.07) is 10.5. The topological polar surface area (TPSA) is 17.1 Å². The number of carbonyl (C=O) groups is 1. The van der Waals surface area contributed by atoms with E-state index in [1.165, 1.54) is 37.0 Å². The zero-order valence-electron chi connectivity index (χ0n) is 12.5. The summed E-state index contributed by atoms with van der Waals surface area (Å²) in [4.78, 5) is 13.4. The van der Waals surface area contributed by atoms with Gasteiger partial charge in [0, 0.05) is 11.3 Å². The van der Waals surface area contributed by atoms with Crippen LogP contribution in [0.5, 0.6) is 0 Å². The van der Waals surface area contributed by atoms with Crippen LogP contribution in [0.3, 0.4) is 0 Å². The molecule has 1 unspecified atom stereocenters. The van der Waals surface area contributed by atoms with Gasteiger partial charge in [0.1, 0.15) is 0 Å². The van der Waals surface area contributed by atoms with Crippen LogP contribution in [0.2, 0.25) is 0 Å². The van der Waals surface area contributed by atoms with Gasteiger partial charge in [-0.25, -0.2) is 0 Å². The monoisotopic (exact) mass is 320 g/mol. The molecular formula is C18H24OS2. The first kappa shape index (κ1) is 16.7. The normalized spacial score (nSPS) is 17.3. The summed E-state index contributed by atoms with van der Waals surface area (Å²) in [6.45, 7) is 3.70. The minimum Gasteiger partial charge on any atom is -0.287 e. The van der Waals surface area contributed by atoms with E-state index in [2.05, 4.69) is 30.8 Å². The Morgan fingerprint density at radius 1 is 1.24 bits per heavy atom. The van der Waals surface area contributed by atoms with Crippen LogP contribution in [-0.4, -0.2) is 9.70 Å². The minimum atomic E-state index is 0.314. The molecule has 0 aliphatic heterocycles. The summed E-state index contributed by atoms with van der Waals surface area (Å²) in [5.41, 5.74) is 0. The number of benzene rings is 1. The van der Waals surface area contributed by atoms with E-state index in [-0.39, 0.29) is 0 Å². The highest BCUT2D eigenvalue weighted by Gasteiger charge is 2.27. The van der Waals surface area contributed by atoms with E-state index in [9.17, 15) is 4.79 Å². The summed E-state index contributed by atoms with van der Waals surface area (Å²) < 4.78 is 0.366. The van der Waals surface area contributed by atoms with Crippen LogP contribution in [0, 0.1) is 5.92 Å². The van der Waals surface area contributed by atoms with Gasteiger partial charge < -0.3 is 0 Å². The van der Waals surface area contributed by atoms with Gasteiger partial charge in [0.15, 0.2) is 5.12 Å². The Labute approximate surface area is 137 Å². The molecule has 3 heteroatoms. The predicted molar refractivity (Wildman–Crippen MR) is 94.7 cm³/mol. The molecule has 2 rings (SSSR count). The fraction of sp³-hybridized carbons (Fsp3) is 0.500. The first-order valence-corrected chi connectivity index (χ1v) is 9.57. The lowest BCUT2D eigenvalue weighted by Crippen LogP contribution is -2.19. The van der Waals surface area contributed by atoms with Crippen LogP contribution in [-0.2, 0) is 4.79 Å². The molecule has 1 aliphatic carbocycles. The summed E-state index contributed by atoms with van der Waals surface area (Å²) in [7, 11) is 0. The van der Waals surface area contributed by atoms with Gasteiger partial charge in [-0.3, -0.25) is 4.79 Å². The molecule has 0 N–H and O–H groups in total. The fourth-order valence-electron chi connectivity index (χ4n) is 2.66. The van der Waals surface area contributed by atoms with Crippen molar-refractivity contribution in [2.24, 2.45) is 5.92 Å². The maximum Gasteiger partial charge on any atom is 0.190 e. The van der Waals surface area contributed by atoms with Crippen molar-refractivity contribution >= 4 is 28.6 Å². The molecule has 1 aromatic rings. The highest BCUT2D eigenvalue weighted by molar-refractivity contribution is 8.24. The summed E-state index contributed by atoms with van der Waals surface area (Å²) in [5, 5.41) is 0.314. The quantitative estimate of drug-likeness (QED) is 0.353. The van der Waals surface area contributed by atoms with Gasteiger partial charge in [-0.05, 0) is 37.3 Å². The molecule has 0 spiro atoms. The van der Waals surface area contributed by atoms with Crippen molar-refractivity contribution in [2.45, 2.75) is 54.4 Å². The maximum atomic E-state index is 12.1. The Balaban J connectivity index is 1.98. The molecular weight excluding hydrogens is 296 g/mol. The fourth-order valence-corrected chi connectivity index (χ4v) is 5.52. The second kappa shape index (κ2) is 9.37. The highest BCUT2D eigenvalue weighted by Crippen LogP contribution is 2.42. The van der Waals surface area contributed by atoms with Crippen molar-refractivity contribution < 1.29 is 4.79 Å². The molecule has 0 saturated heterocycles. The lowest BCUT2D eigenvalue weighted by Gasteiger charge is -2.29. The molecule has 1 saturated carbocycles. The lowest BCUT2D eigenvalue weighted by molar-refractivity contribution is -0.110. The molecule has 0 heterocycles. The van der Waals surface area contributed by atoms with Gasteiger partial charge in [-0.15, -0.1) is 18.3 Å². The van der Waals surface area contributed by atoms with Gasteiger partial charge in [-0.1, -0.05) is 55.3 Å². The van der Waals surface area contributed by atoms with E-state index >= 15 is 0 Å². The number of hydrogen-bond acceptors (Lipinski definition) is 3. The molecule has 21 heavy (non-hydrogen) atoms. The molecule has 114 valence electrons. The first-order chi connectivity index (χ1) is 10.3. The van der Waals surface area contributed by atoms with Crippen LogP contribution in [0.4, 0.5) is 0 Å². The summed E-state index contributed by atoms with van der Waals surface area (Å²) in [6.07, 6.45) is 9.77. The van der Waals surface area contributed by atoms with Gasteiger partial charge in [0.05, 0.1) is 4.58 Å². The minimum absolute atomic E-state index is 0.314. The van der Waals surface area contributed by atoms with Crippen molar-refractivity contribution in [1.82, 2.24) is 0 Å². The highest BCUT2D eigenvalue weighted by atomic mass is 32.2. The van der Waals surface area contributed by atoms with Gasteiger partial charge >= 0.3 is 0 Å². The molecule has 1 aromatic carbocycles. The van der Waals surface area contributed by atoms with Crippen LogP contribution in [0.1, 0.15) is 44.9 Å². The van der Waals surface area contributed by atoms with Crippen LogP contribution in [0.25, 0.3) is 0 Å². The van der Waals surface area contributed by atoms with Crippen molar-refractivity contribution in [3.8, 4) is 0 Å². The Morgan fingerprint density at radius 3 is 2.62 bits per heavy atom. The number of carbonyl (C=O) groups excluding carboxylic acids is 1. The van der Waals surface area contributed by atoms with E-state index in [1.54, 1.807) is 11.8 Å². The third kappa shape index (κ3) is 5.91. The van der Waals surface area contributed by atoms with Crippen molar-refractivity contribution in [2.75, 3.05) is 0 Å². The maximum absolute atomic E-state index is 12.1. The van der Waals surface area contributed by atoms with E-state index in [4.69, 9.17) is 0 Å². The summed E-state index contributed by atoms with van der Waals surface area (Å²) >= 11 is 3.44.